The fraction of sp³-hybridized carbons (Fsp3) is 0.611. The number of piperidine rings is 1. The van der Waals surface area contributed by atoms with Gasteiger partial charge in [-0.05, 0) is 44.2 Å². The van der Waals surface area contributed by atoms with Gasteiger partial charge in [-0.3, -0.25) is 9.69 Å². The molecule has 1 saturated heterocycles. The average Bonchev–Trinajstić information content (AvgIpc) is 2.53. The van der Waals surface area contributed by atoms with Crippen molar-refractivity contribution in [3.8, 4) is 0 Å². The lowest BCUT2D eigenvalue weighted by atomic mass is 9.77. The monoisotopic (exact) mass is 289 g/mol. The number of rotatable bonds is 6. The molecule has 1 N–H and O–H groups in total. The number of hydrogen-bond acceptors (Lipinski definition) is 2. The Morgan fingerprint density at radius 1 is 1.33 bits per heavy atom. The Kier molecular flexibility index (Phi) is 5.40. The van der Waals surface area contributed by atoms with E-state index in [4.69, 9.17) is 0 Å². The molecule has 1 aromatic rings. The Bertz CT molecular complexity index is 460. The highest BCUT2D eigenvalue weighted by Gasteiger charge is 2.42. The Labute approximate surface area is 128 Å². The van der Waals surface area contributed by atoms with Crippen LogP contribution in [0.5, 0.6) is 0 Å². The maximum absolute atomic E-state index is 11.7. The minimum absolute atomic E-state index is 0.443. The van der Waals surface area contributed by atoms with Crippen LogP contribution in [0.15, 0.2) is 30.3 Å². The first kappa shape index (κ1) is 16.0. The van der Waals surface area contributed by atoms with Gasteiger partial charge in [-0.1, -0.05) is 44.2 Å². The van der Waals surface area contributed by atoms with Crippen LogP contribution < -0.4 is 0 Å². The maximum Gasteiger partial charge on any atom is 0.310 e. The summed E-state index contributed by atoms with van der Waals surface area (Å²) in [6, 6.07) is 11.0. The van der Waals surface area contributed by atoms with Crippen molar-refractivity contribution in [2.75, 3.05) is 13.1 Å². The summed E-state index contributed by atoms with van der Waals surface area (Å²) >= 11 is 0. The fourth-order valence-corrected chi connectivity index (χ4v) is 3.51. The van der Waals surface area contributed by atoms with Gasteiger partial charge in [0.1, 0.15) is 0 Å². The molecule has 116 valence electrons. The van der Waals surface area contributed by atoms with E-state index in [1.54, 1.807) is 0 Å². The zero-order chi connectivity index (χ0) is 15.3. The van der Waals surface area contributed by atoms with Crippen molar-refractivity contribution in [3.05, 3.63) is 35.9 Å². The molecule has 3 nitrogen and oxygen atoms in total. The summed E-state index contributed by atoms with van der Waals surface area (Å²) in [5.74, 6) is -0.621. The number of nitrogens with zero attached hydrogens (tertiary/aromatic N) is 1. The van der Waals surface area contributed by atoms with Gasteiger partial charge >= 0.3 is 5.97 Å². The number of benzene rings is 1. The molecule has 0 amide bonds. The number of carboxylic acids is 1. The number of aliphatic carboxylic acids is 1. The van der Waals surface area contributed by atoms with Crippen LogP contribution in [-0.2, 0) is 11.2 Å². The summed E-state index contributed by atoms with van der Waals surface area (Å²) < 4.78 is 0. The van der Waals surface area contributed by atoms with E-state index in [2.05, 4.69) is 36.1 Å². The lowest BCUT2D eigenvalue weighted by molar-refractivity contribution is -0.153. The summed E-state index contributed by atoms with van der Waals surface area (Å²) in [5, 5.41) is 9.62. The van der Waals surface area contributed by atoms with Crippen LogP contribution in [0, 0.1) is 5.41 Å². The van der Waals surface area contributed by atoms with Gasteiger partial charge in [0.25, 0.3) is 0 Å². The molecule has 0 saturated carbocycles. The van der Waals surface area contributed by atoms with Crippen molar-refractivity contribution in [3.63, 3.8) is 0 Å². The van der Waals surface area contributed by atoms with Crippen molar-refractivity contribution < 1.29 is 9.90 Å². The maximum atomic E-state index is 11.7. The van der Waals surface area contributed by atoms with E-state index in [-0.39, 0.29) is 0 Å². The predicted octanol–water partition coefficient (Wildman–Crippen LogP) is 3.58. The largest absolute Gasteiger partial charge is 0.481 e. The van der Waals surface area contributed by atoms with Crippen LogP contribution in [0.4, 0.5) is 0 Å². The summed E-state index contributed by atoms with van der Waals surface area (Å²) in [5.41, 5.74) is 0.801. The Balaban J connectivity index is 2.09. The van der Waals surface area contributed by atoms with Gasteiger partial charge in [0.15, 0.2) is 0 Å². The lowest BCUT2D eigenvalue weighted by Gasteiger charge is -2.43. The lowest BCUT2D eigenvalue weighted by Crippen LogP contribution is -2.51. The molecule has 0 aromatic heterocycles. The molecule has 2 rings (SSSR count). The molecule has 21 heavy (non-hydrogen) atoms. The van der Waals surface area contributed by atoms with Gasteiger partial charge in [-0.2, -0.15) is 0 Å². The van der Waals surface area contributed by atoms with Crippen LogP contribution in [0.3, 0.4) is 0 Å². The second-order valence-corrected chi connectivity index (χ2v) is 6.26. The molecule has 0 bridgehead atoms. The van der Waals surface area contributed by atoms with Crippen molar-refractivity contribution >= 4 is 5.97 Å². The zero-order valence-corrected chi connectivity index (χ0v) is 13.2. The van der Waals surface area contributed by atoms with Gasteiger partial charge in [0.05, 0.1) is 5.41 Å². The van der Waals surface area contributed by atoms with E-state index in [0.717, 1.165) is 38.6 Å². The van der Waals surface area contributed by atoms with E-state index >= 15 is 0 Å². The molecule has 1 aliphatic heterocycles. The molecule has 0 spiro atoms. The van der Waals surface area contributed by atoms with Gasteiger partial charge in [-0.15, -0.1) is 0 Å². The Hall–Kier alpha value is -1.35. The normalized spacial score (nSPS) is 24.7. The molecular weight excluding hydrogens is 262 g/mol. The standard InChI is InChI=1S/C18H27NO2/c1-3-16(13-15-9-6-5-7-10-15)19-12-8-11-18(4-2,14-19)17(20)21/h5-7,9-10,16H,3-4,8,11-14H2,1-2H3,(H,20,21). The van der Waals surface area contributed by atoms with E-state index in [0.29, 0.717) is 12.6 Å². The number of likely N-dealkylation sites (tertiary alicyclic amines) is 1. The van der Waals surface area contributed by atoms with E-state index < -0.39 is 11.4 Å². The fourth-order valence-electron chi connectivity index (χ4n) is 3.51. The molecule has 3 heteroatoms. The van der Waals surface area contributed by atoms with Crippen LogP contribution in [-0.4, -0.2) is 35.1 Å². The average molecular weight is 289 g/mol. The smallest absolute Gasteiger partial charge is 0.310 e. The molecule has 1 aliphatic rings. The van der Waals surface area contributed by atoms with Crippen LogP contribution >= 0.6 is 0 Å². The molecule has 0 aliphatic carbocycles. The molecule has 1 heterocycles. The second-order valence-electron chi connectivity index (χ2n) is 6.26. The van der Waals surface area contributed by atoms with E-state index in [1.807, 2.05) is 13.0 Å². The minimum Gasteiger partial charge on any atom is -0.481 e. The van der Waals surface area contributed by atoms with Crippen molar-refractivity contribution in [1.29, 1.82) is 0 Å². The summed E-state index contributed by atoms with van der Waals surface area (Å²) in [4.78, 5) is 14.1. The molecule has 2 atom stereocenters. The third kappa shape index (κ3) is 3.65. The first-order valence-corrected chi connectivity index (χ1v) is 8.12. The summed E-state index contributed by atoms with van der Waals surface area (Å²) in [6.07, 6.45) is 4.61. The third-order valence-electron chi connectivity index (χ3n) is 5.04. The van der Waals surface area contributed by atoms with Gasteiger partial charge in [0, 0.05) is 12.6 Å². The van der Waals surface area contributed by atoms with Crippen LogP contribution in [0.1, 0.15) is 45.1 Å². The molecule has 1 fully saturated rings. The highest BCUT2D eigenvalue weighted by Crippen LogP contribution is 2.35. The first-order valence-electron chi connectivity index (χ1n) is 8.12. The topological polar surface area (TPSA) is 40.5 Å². The number of carboxylic acid groups (broad SMARTS) is 1. The number of hydrogen-bond donors (Lipinski definition) is 1. The van der Waals surface area contributed by atoms with Crippen molar-refractivity contribution in [1.82, 2.24) is 4.90 Å². The molecule has 2 unspecified atom stereocenters. The van der Waals surface area contributed by atoms with Gasteiger partial charge < -0.3 is 5.11 Å². The quantitative estimate of drug-likeness (QED) is 0.870. The van der Waals surface area contributed by atoms with Crippen molar-refractivity contribution in [2.45, 2.75) is 52.0 Å². The summed E-state index contributed by atoms with van der Waals surface area (Å²) in [7, 11) is 0. The first-order chi connectivity index (χ1) is 10.1. The Morgan fingerprint density at radius 3 is 2.62 bits per heavy atom. The molecule has 0 radical (unpaired) electrons. The van der Waals surface area contributed by atoms with Crippen LogP contribution in [0.25, 0.3) is 0 Å². The predicted molar refractivity (Wildman–Crippen MR) is 85.4 cm³/mol. The summed E-state index contributed by atoms with van der Waals surface area (Å²) in [6.45, 7) is 5.94. The van der Waals surface area contributed by atoms with Crippen molar-refractivity contribution in [2.24, 2.45) is 5.41 Å². The second kappa shape index (κ2) is 7.08. The van der Waals surface area contributed by atoms with Gasteiger partial charge in [0.2, 0.25) is 0 Å². The molecule has 1 aromatic carbocycles. The van der Waals surface area contributed by atoms with Gasteiger partial charge in [-0.25, -0.2) is 0 Å². The SMILES string of the molecule is CCC(Cc1ccccc1)N1CCCC(CC)(C(=O)O)C1. The highest BCUT2D eigenvalue weighted by atomic mass is 16.4. The number of carbonyl (C=O) groups is 1. The molecular formula is C18H27NO2. The Morgan fingerprint density at radius 2 is 2.05 bits per heavy atom. The van der Waals surface area contributed by atoms with Crippen LogP contribution in [0.2, 0.25) is 0 Å². The third-order valence-corrected chi connectivity index (χ3v) is 5.04. The highest BCUT2D eigenvalue weighted by molar-refractivity contribution is 5.75. The zero-order valence-electron chi connectivity index (χ0n) is 13.2. The van der Waals surface area contributed by atoms with E-state index in [1.165, 1.54) is 5.56 Å². The van der Waals surface area contributed by atoms with E-state index in [9.17, 15) is 9.90 Å². The minimum atomic E-state index is -0.621.